The Balaban J connectivity index is 1.60. The standard InChI is InChI=1S/C21H24N2O3S/c1-14-4-6-17(10-15(14)2)27(24,25)23-13-21(8-9-21)19-12-22-20-7-5-16(26-3)11-18(19)20/h4-7,10-12,22-23H,8-9,13H2,1-3H3. The smallest absolute Gasteiger partial charge is 0.240 e. The number of aromatic nitrogens is 1. The minimum Gasteiger partial charge on any atom is -0.497 e. The van der Waals surface area contributed by atoms with Gasteiger partial charge in [0.25, 0.3) is 0 Å². The molecule has 2 aromatic carbocycles. The van der Waals surface area contributed by atoms with Crippen molar-refractivity contribution in [2.24, 2.45) is 0 Å². The lowest BCUT2D eigenvalue weighted by molar-refractivity contribution is 0.415. The fourth-order valence-electron chi connectivity index (χ4n) is 3.56. The van der Waals surface area contributed by atoms with Crippen LogP contribution in [-0.4, -0.2) is 27.1 Å². The second-order valence-electron chi connectivity index (χ2n) is 7.46. The minimum atomic E-state index is -3.53. The number of hydrogen-bond acceptors (Lipinski definition) is 3. The Morgan fingerprint density at radius 3 is 2.56 bits per heavy atom. The summed E-state index contributed by atoms with van der Waals surface area (Å²) in [6, 6.07) is 11.2. The van der Waals surface area contributed by atoms with Crippen molar-refractivity contribution in [1.82, 2.24) is 9.71 Å². The van der Waals surface area contributed by atoms with E-state index in [4.69, 9.17) is 4.74 Å². The van der Waals surface area contributed by atoms with Gasteiger partial charge >= 0.3 is 0 Å². The molecule has 0 spiro atoms. The molecular formula is C21H24N2O3S. The average molecular weight is 385 g/mol. The molecule has 0 atom stereocenters. The lowest BCUT2D eigenvalue weighted by atomic mass is 9.95. The van der Waals surface area contributed by atoms with Gasteiger partial charge < -0.3 is 9.72 Å². The maximum atomic E-state index is 12.8. The number of sulfonamides is 1. The highest BCUT2D eigenvalue weighted by atomic mass is 32.2. The first-order chi connectivity index (χ1) is 12.8. The van der Waals surface area contributed by atoms with Crippen molar-refractivity contribution in [3.05, 3.63) is 59.3 Å². The van der Waals surface area contributed by atoms with Gasteiger partial charge in [0.1, 0.15) is 5.75 Å². The van der Waals surface area contributed by atoms with E-state index >= 15 is 0 Å². The number of hydrogen-bond donors (Lipinski definition) is 2. The van der Waals surface area contributed by atoms with Gasteiger partial charge in [-0.1, -0.05) is 6.07 Å². The van der Waals surface area contributed by atoms with Crippen LogP contribution < -0.4 is 9.46 Å². The SMILES string of the molecule is COc1ccc2[nH]cc(C3(CNS(=O)(=O)c4ccc(C)c(C)c4)CC3)c2c1. The van der Waals surface area contributed by atoms with Crippen LogP contribution >= 0.6 is 0 Å². The largest absolute Gasteiger partial charge is 0.497 e. The van der Waals surface area contributed by atoms with Gasteiger partial charge in [-0.15, -0.1) is 0 Å². The molecule has 142 valence electrons. The Hall–Kier alpha value is -2.31. The molecule has 27 heavy (non-hydrogen) atoms. The molecule has 0 radical (unpaired) electrons. The highest BCUT2D eigenvalue weighted by Crippen LogP contribution is 2.50. The Labute approximate surface area is 159 Å². The van der Waals surface area contributed by atoms with Gasteiger partial charge in [-0.25, -0.2) is 13.1 Å². The van der Waals surface area contributed by atoms with Crippen LogP contribution in [-0.2, 0) is 15.4 Å². The second kappa shape index (κ2) is 6.39. The Morgan fingerprint density at radius 1 is 1.11 bits per heavy atom. The number of H-pyrrole nitrogens is 1. The minimum absolute atomic E-state index is 0.155. The van der Waals surface area contributed by atoms with Crippen LogP contribution in [0.4, 0.5) is 0 Å². The molecule has 1 aliphatic carbocycles. The molecular weight excluding hydrogens is 360 g/mol. The number of aromatic amines is 1. The zero-order valence-electron chi connectivity index (χ0n) is 15.8. The molecule has 6 heteroatoms. The van der Waals surface area contributed by atoms with E-state index in [2.05, 4.69) is 9.71 Å². The molecule has 1 saturated carbocycles. The summed E-state index contributed by atoms with van der Waals surface area (Å²) >= 11 is 0. The molecule has 0 unspecified atom stereocenters. The Morgan fingerprint density at radius 2 is 1.89 bits per heavy atom. The maximum absolute atomic E-state index is 12.8. The van der Waals surface area contributed by atoms with Crippen molar-refractivity contribution in [1.29, 1.82) is 0 Å². The number of ether oxygens (including phenoxy) is 1. The van der Waals surface area contributed by atoms with Crippen LogP contribution in [0.2, 0.25) is 0 Å². The topological polar surface area (TPSA) is 71.2 Å². The number of aryl methyl sites for hydroxylation is 2. The third-order valence-electron chi connectivity index (χ3n) is 5.70. The lowest BCUT2D eigenvalue weighted by Crippen LogP contribution is -2.32. The number of fused-ring (bicyclic) bond motifs is 1. The van der Waals surface area contributed by atoms with E-state index in [9.17, 15) is 8.42 Å². The highest BCUT2D eigenvalue weighted by molar-refractivity contribution is 7.89. The van der Waals surface area contributed by atoms with Gasteiger partial charge in [0, 0.05) is 29.1 Å². The first kappa shape index (κ1) is 18.1. The molecule has 4 rings (SSSR count). The monoisotopic (exact) mass is 384 g/mol. The molecule has 3 aromatic rings. The van der Waals surface area contributed by atoms with Crippen molar-refractivity contribution in [3.63, 3.8) is 0 Å². The number of rotatable bonds is 6. The van der Waals surface area contributed by atoms with Gasteiger partial charge in [0.15, 0.2) is 0 Å². The number of methoxy groups -OCH3 is 1. The lowest BCUT2D eigenvalue weighted by Gasteiger charge is -2.16. The molecule has 2 N–H and O–H groups in total. The summed E-state index contributed by atoms with van der Waals surface area (Å²) in [4.78, 5) is 3.62. The average Bonchev–Trinajstić information content (AvgIpc) is 3.33. The molecule has 1 aliphatic rings. The number of benzene rings is 2. The van der Waals surface area contributed by atoms with Gasteiger partial charge in [0.2, 0.25) is 10.0 Å². The predicted molar refractivity (Wildman–Crippen MR) is 107 cm³/mol. The van der Waals surface area contributed by atoms with Crippen LogP contribution in [0.15, 0.2) is 47.5 Å². The van der Waals surface area contributed by atoms with Crippen LogP contribution in [0.5, 0.6) is 5.75 Å². The summed E-state index contributed by atoms with van der Waals surface area (Å²) < 4.78 is 33.7. The van der Waals surface area contributed by atoms with E-state index < -0.39 is 10.0 Å². The summed E-state index contributed by atoms with van der Waals surface area (Å²) in [6.07, 6.45) is 3.93. The van der Waals surface area contributed by atoms with Crippen LogP contribution in [0.1, 0.15) is 29.5 Å². The summed E-state index contributed by atoms with van der Waals surface area (Å²) in [5, 5.41) is 1.09. The van der Waals surface area contributed by atoms with Crippen LogP contribution in [0.25, 0.3) is 10.9 Å². The molecule has 1 aromatic heterocycles. The van der Waals surface area contributed by atoms with Gasteiger partial charge in [0.05, 0.1) is 12.0 Å². The quantitative estimate of drug-likeness (QED) is 0.679. The highest BCUT2D eigenvalue weighted by Gasteiger charge is 2.46. The molecule has 0 aliphatic heterocycles. The molecule has 1 heterocycles. The van der Waals surface area contributed by atoms with Crippen LogP contribution in [0, 0.1) is 13.8 Å². The van der Waals surface area contributed by atoms with Gasteiger partial charge in [-0.05, 0) is 73.7 Å². The molecule has 5 nitrogen and oxygen atoms in total. The Kier molecular flexibility index (Phi) is 4.28. The third-order valence-corrected chi connectivity index (χ3v) is 7.10. The van der Waals surface area contributed by atoms with Crippen molar-refractivity contribution < 1.29 is 13.2 Å². The van der Waals surface area contributed by atoms with Crippen molar-refractivity contribution in [2.75, 3.05) is 13.7 Å². The van der Waals surface area contributed by atoms with E-state index in [0.29, 0.717) is 11.4 Å². The van der Waals surface area contributed by atoms with Crippen molar-refractivity contribution >= 4 is 20.9 Å². The van der Waals surface area contributed by atoms with Crippen molar-refractivity contribution in [2.45, 2.75) is 37.0 Å². The summed E-state index contributed by atoms with van der Waals surface area (Å²) in [5.41, 5.74) is 4.09. The Bertz CT molecular complexity index is 1110. The van der Waals surface area contributed by atoms with E-state index in [-0.39, 0.29) is 5.41 Å². The number of nitrogens with one attached hydrogen (secondary N) is 2. The maximum Gasteiger partial charge on any atom is 0.240 e. The van der Waals surface area contributed by atoms with E-state index in [1.54, 1.807) is 19.2 Å². The van der Waals surface area contributed by atoms with Gasteiger partial charge in [-0.3, -0.25) is 0 Å². The van der Waals surface area contributed by atoms with E-state index in [1.807, 2.05) is 44.3 Å². The van der Waals surface area contributed by atoms with Crippen molar-refractivity contribution in [3.8, 4) is 5.75 Å². The fourth-order valence-corrected chi connectivity index (χ4v) is 4.77. The normalized spacial score (nSPS) is 15.8. The van der Waals surface area contributed by atoms with Gasteiger partial charge in [-0.2, -0.15) is 0 Å². The molecule has 0 saturated heterocycles. The first-order valence-electron chi connectivity index (χ1n) is 9.07. The summed E-state index contributed by atoms with van der Waals surface area (Å²) in [6.45, 7) is 4.30. The first-order valence-corrected chi connectivity index (χ1v) is 10.6. The molecule has 0 bridgehead atoms. The molecule has 1 fully saturated rings. The third kappa shape index (κ3) is 3.24. The zero-order chi connectivity index (χ0) is 19.2. The zero-order valence-corrected chi connectivity index (χ0v) is 16.6. The molecule has 0 amide bonds. The summed E-state index contributed by atoms with van der Waals surface area (Å²) in [7, 11) is -1.88. The predicted octanol–water partition coefficient (Wildman–Crippen LogP) is 3.80. The summed E-state index contributed by atoms with van der Waals surface area (Å²) in [5.74, 6) is 0.801. The van der Waals surface area contributed by atoms with Crippen LogP contribution in [0.3, 0.4) is 0 Å². The van der Waals surface area contributed by atoms with E-state index in [0.717, 1.165) is 46.2 Å². The second-order valence-corrected chi connectivity index (χ2v) is 9.23. The fraction of sp³-hybridized carbons (Fsp3) is 0.333. The van der Waals surface area contributed by atoms with E-state index in [1.165, 1.54) is 0 Å².